The second-order valence-electron chi connectivity index (χ2n) is 6.01. The van der Waals surface area contributed by atoms with Crippen molar-refractivity contribution in [1.29, 1.82) is 0 Å². The van der Waals surface area contributed by atoms with Gasteiger partial charge >= 0.3 is 0 Å². The second kappa shape index (κ2) is 10.4. The molecule has 2 aromatic rings. The van der Waals surface area contributed by atoms with Crippen molar-refractivity contribution < 1.29 is 23.4 Å². The molecule has 0 heterocycles. The SMILES string of the molecule is CCN(Cc1ccc(OC)c(OC)c1)C(=O)CCCOc1cccc(F)c1. The topological polar surface area (TPSA) is 48.0 Å². The first kappa shape index (κ1) is 20.6. The maximum absolute atomic E-state index is 13.1. The molecule has 5 nitrogen and oxygen atoms in total. The van der Waals surface area contributed by atoms with Crippen LogP contribution in [0.5, 0.6) is 17.2 Å². The zero-order chi connectivity index (χ0) is 19.6. The van der Waals surface area contributed by atoms with E-state index in [1.165, 1.54) is 12.1 Å². The number of benzene rings is 2. The molecule has 0 bridgehead atoms. The molecule has 146 valence electrons. The number of ether oxygens (including phenoxy) is 3. The summed E-state index contributed by atoms with van der Waals surface area (Å²) in [5, 5.41) is 0. The van der Waals surface area contributed by atoms with Gasteiger partial charge in [0.25, 0.3) is 0 Å². The lowest BCUT2D eigenvalue weighted by Gasteiger charge is -2.21. The summed E-state index contributed by atoms with van der Waals surface area (Å²) in [6.45, 7) is 3.42. The minimum Gasteiger partial charge on any atom is -0.493 e. The van der Waals surface area contributed by atoms with Crippen LogP contribution in [0.1, 0.15) is 25.3 Å². The Bertz CT molecular complexity index is 751. The van der Waals surface area contributed by atoms with Gasteiger partial charge in [-0.3, -0.25) is 4.79 Å². The Hall–Kier alpha value is -2.76. The number of methoxy groups -OCH3 is 2. The molecule has 0 unspecified atom stereocenters. The molecule has 6 heteroatoms. The third kappa shape index (κ3) is 6.16. The first-order valence-corrected chi connectivity index (χ1v) is 8.94. The van der Waals surface area contributed by atoms with E-state index < -0.39 is 0 Å². The summed E-state index contributed by atoms with van der Waals surface area (Å²) in [4.78, 5) is 14.3. The van der Waals surface area contributed by atoms with Crippen LogP contribution >= 0.6 is 0 Å². The van der Waals surface area contributed by atoms with Crippen LogP contribution < -0.4 is 14.2 Å². The van der Waals surface area contributed by atoms with Gasteiger partial charge in [-0.15, -0.1) is 0 Å². The minimum absolute atomic E-state index is 0.0510. The number of hydrogen-bond donors (Lipinski definition) is 0. The molecule has 2 rings (SSSR count). The fourth-order valence-electron chi connectivity index (χ4n) is 2.70. The Morgan fingerprint density at radius 1 is 1.07 bits per heavy atom. The molecule has 0 aliphatic carbocycles. The maximum Gasteiger partial charge on any atom is 0.222 e. The number of amides is 1. The number of carbonyl (C=O) groups excluding carboxylic acids is 1. The number of nitrogens with zero attached hydrogens (tertiary/aromatic N) is 1. The summed E-state index contributed by atoms with van der Waals surface area (Å²) in [5.74, 6) is 1.48. The predicted octanol–water partition coefficient (Wildman–Crippen LogP) is 4.05. The Morgan fingerprint density at radius 2 is 1.85 bits per heavy atom. The first-order chi connectivity index (χ1) is 13.1. The Balaban J connectivity index is 1.84. The molecule has 2 aromatic carbocycles. The summed E-state index contributed by atoms with van der Waals surface area (Å²) >= 11 is 0. The lowest BCUT2D eigenvalue weighted by atomic mass is 10.1. The van der Waals surface area contributed by atoms with E-state index in [1.807, 2.05) is 25.1 Å². The molecule has 0 atom stereocenters. The summed E-state index contributed by atoms with van der Waals surface area (Å²) in [7, 11) is 3.17. The maximum atomic E-state index is 13.1. The molecule has 0 spiro atoms. The van der Waals surface area contributed by atoms with Crippen LogP contribution in [-0.2, 0) is 11.3 Å². The van der Waals surface area contributed by atoms with Gasteiger partial charge in [0.15, 0.2) is 11.5 Å². The Morgan fingerprint density at radius 3 is 2.52 bits per heavy atom. The van der Waals surface area contributed by atoms with Gasteiger partial charge in [-0.05, 0) is 43.2 Å². The van der Waals surface area contributed by atoms with Crippen molar-refractivity contribution in [2.45, 2.75) is 26.3 Å². The van der Waals surface area contributed by atoms with E-state index in [9.17, 15) is 9.18 Å². The van der Waals surface area contributed by atoms with Gasteiger partial charge in [-0.1, -0.05) is 12.1 Å². The third-order valence-electron chi connectivity index (χ3n) is 4.16. The highest BCUT2D eigenvalue weighted by atomic mass is 19.1. The van der Waals surface area contributed by atoms with Gasteiger partial charge in [0, 0.05) is 25.6 Å². The minimum atomic E-state index is -0.337. The average Bonchev–Trinajstić information content (AvgIpc) is 2.69. The third-order valence-corrected chi connectivity index (χ3v) is 4.16. The van der Waals surface area contributed by atoms with Gasteiger partial charge in [0.2, 0.25) is 5.91 Å². The molecule has 0 aliphatic rings. The second-order valence-corrected chi connectivity index (χ2v) is 6.01. The molecule has 0 saturated carbocycles. The van der Waals surface area contributed by atoms with Crippen LogP contribution in [0, 0.1) is 5.82 Å². The molecular formula is C21H26FNO4. The van der Waals surface area contributed by atoms with E-state index in [4.69, 9.17) is 14.2 Å². The molecule has 0 aromatic heterocycles. The molecule has 27 heavy (non-hydrogen) atoms. The summed E-state index contributed by atoms with van der Waals surface area (Å²) < 4.78 is 29.1. The molecule has 0 fully saturated rings. The highest BCUT2D eigenvalue weighted by Crippen LogP contribution is 2.28. The Labute approximate surface area is 159 Å². The fraction of sp³-hybridized carbons (Fsp3) is 0.381. The molecule has 0 N–H and O–H groups in total. The van der Waals surface area contributed by atoms with E-state index in [1.54, 1.807) is 31.3 Å². The van der Waals surface area contributed by atoms with Crippen molar-refractivity contribution in [3.63, 3.8) is 0 Å². The number of carbonyl (C=O) groups is 1. The molecular weight excluding hydrogens is 349 g/mol. The monoisotopic (exact) mass is 375 g/mol. The largest absolute Gasteiger partial charge is 0.493 e. The Kier molecular flexibility index (Phi) is 7.92. The van der Waals surface area contributed by atoms with E-state index in [-0.39, 0.29) is 11.7 Å². The zero-order valence-corrected chi connectivity index (χ0v) is 16.0. The van der Waals surface area contributed by atoms with Gasteiger partial charge in [-0.25, -0.2) is 4.39 Å². The van der Waals surface area contributed by atoms with Gasteiger partial charge < -0.3 is 19.1 Å². The molecule has 0 saturated heterocycles. The predicted molar refractivity (Wildman–Crippen MR) is 102 cm³/mol. The van der Waals surface area contributed by atoms with E-state index in [0.717, 1.165) is 5.56 Å². The normalized spacial score (nSPS) is 10.4. The van der Waals surface area contributed by atoms with Crippen LogP contribution in [0.3, 0.4) is 0 Å². The van der Waals surface area contributed by atoms with Crippen molar-refractivity contribution in [3.8, 4) is 17.2 Å². The van der Waals surface area contributed by atoms with Crippen molar-refractivity contribution >= 4 is 5.91 Å². The highest BCUT2D eigenvalue weighted by Gasteiger charge is 2.13. The lowest BCUT2D eigenvalue weighted by Crippen LogP contribution is -2.30. The first-order valence-electron chi connectivity index (χ1n) is 8.94. The van der Waals surface area contributed by atoms with Gasteiger partial charge in [0.05, 0.1) is 20.8 Å². The molecule has 0 aliphatic heterocycles. The zero-order valence-electron chi connectivity index (χ0n) is 16.0. The van der Waals surface area contributed by atoms with Crippen molar-refractivity contribution in [3.05, 3.63) is 53.8 Å². The van der Waals surface area contributed by atoms with Crippen LogP contribution in [0.2, 0.25) is 0 Å². The summed E-state index contributed by atoms with van der Waals surface area (Å²) in [5.41, 5.74) is 0.971. The van der Waals surface area contributed by atoms with Crippen LogP contribution in [-0.4, -0.2) is 38.2 Å². The van der Waals surface area contributed by atoms with Crippen molar-refractivity contribution in [2.24, 2.45) is 0 Å². The van der Waals surface area contributed by atoms with Gasteiger partial charge in [0.1, 0.15) is 11.6 Å². The van der Waals surface area contributed by atoms with Crippen LogP contribution in [0.15, 0.2) is 42.5 Å². The lowest BCUT2D eigenvalue weighted by molar-refractivity contribution is -0.131. The quantitative estimate of drug-likeness (QED) is 0.588. The molecule has 1 amide bonds. The summed E-state index contributed by atoms with van der Waals surface area (Å²) in [6, 6.07) is 11.6. The van der Waals surface area contributed by atoms with Crippen molar-refractivity contribution in [2.75, 3.05) is 27.4 Å². The van der Waals surface area contributed by atoms with E-state index >= 15 is 0 Å². The number of hydrogen-bond acceptors (Lipinski definition) is 4. The molecule has 0 radical (unpaired) electrons. The highest BCUT2D eigenvalue weighted by molar-refractivity contribution is 5.76. The van der Waals surface area contributed by atoms with Crippen LogP contribution in [0.4, 0.5) is 4.39 Å². The standard InChI is InChI=1S/C21H26FNO4/c1-4-23(15-16-10-11-19(25-2)20(13-16)26-3)21(24)9-6-12-27-18-8-5-7-17(22)14-18/h5,7-8,10-11,13-14H,4,6,9,12,15H2,1-3H3. The van der Waals surface area contributed by atoms with Crippen molar-refractivity contribution in [1.82, 2.24) is 4.90 Å². The summed E-state index contributed by atoms with van der Waals surface area (Å²) in [6.07, 6.45) is 0.939. The smallest absolute Gasteiger partial charge is 0.222 e. The van der Waals surface area contributed by atoms with Crippen LogP contribution in [0.25, 0.3) is 0 Å². The van der Waals surface area contributed by atoms with Gasteiger partial charge in [-0.2, -0.15) is 0 Å². The average molecular weight is 375 g/mol. The number of rotatable bonds is 10. The van der Waals surface area contributed by atoms with E-state index in [2.05, 4.69) is 0 Å². The number of halogens is 1. The van der Waals surface area contributed by atoms with E-state index in [0.29, 0.717) is 49.8 Å². The fourth-order valence-corrected chi connectivity index (χ4v) is 2.70.